The number of nitrogens with one attached hydrogen (secondary N) is 1. The summed E-state index contributed by atoms with van der Waals surface area (Å²) in [6.45, 7) is 8.23. The van der Waals surface area contributed by atoms with Crippen LogP contribution >= 0.6 is 0 Å². The van der Waals surface area contributed by atoms with Gasteiger partial charge < -0.3 is 10.1 Å². The summed E-state index contributed by atoms with van der Waals surface area (Å²) in [4.78, 5) is 0. The van der Waals surface area contributed by atoms with Crippen molar-refractivity contribution >= 4 is 0 Å². The summed E-state index contributed by atoms with van der Waals surface area (Å²) < 4.78 is 5.83. The van der Waals surface area contributed by atoms with Crippen LogP contribution in [0.5, 0.6) is 0 Å². The number of aryl methyl sites for hydroxylation is 2. The van der Waals surface area contributed by atoms with Gasteiger partial charge in [-0.3, -0.25) is 0 Å². The van der Waals surface area contributed by atoms with Gasteiger partial charge in [-0.1, -0.05) is 18.2 Å². The Balaban J connectivity index is 1.84. The molecule has 1 aromatic carbocycles. The van der Waals surface area contributed by atoms with E-state index in [0.29, 0.717) is 5.92 Å². The van der Waals surface area contributed by atoms with Crippen LogP contribution in [0, 0.1) is 19.8 Å². The average Bonchev–Trinajstić information content (AvgIpc) is 2.75. The van der Waals surface area contributed by atoms with Gasteiger partial charge in [0.25, 0.3) is 0 Å². The maximum atomic E-state index is 5.83. The van der Waals surface area contributed by atoms with E-state index >= 15 is 0 Å². The predicted octanol–water partition coefficient (Wildman–Crippen LogP) is 2.43. The Bertz CT molecular complexity index is 322. The molecule has 1 fully saturated rings. The van der Waals surface area contributed by atoms with Gasteiger partial charge in [0.2, 0.25) is 0 Å². The van der Waals surface area contributed by atoms with Crippen molar-refractivity contribution in [3.05, 3.63) is 34.9 Å². The van der Waals surface area contributed by atoms with E-state index in [0.717, 1.165) is 26.3 Å². The fourth-order valence-electron chi connectivity index (χ4n) is 2.26. The number of hydrogen-bond acceptors (Lipinski definition) is 2. The van der Waals surface area contributed by atoms with Gasteiger partial charge >= 0.3 is 0 Å². The molecule has 1 aliphatic heterocycles. The van der Waals surface area contributed by atoms with Crippen molar-refractivity contribution in [3.8, 4) is 0 Å². The summed E-state index contributed by atoms with van der Waals surface area (Å²) in [5, 5.41) is 3.36. The number of rotatable bonds is 4. The number of hydrogen-bond donors (Lipinski definition) is 1. The van der Waals surface area contributed by atoms with Crippen molar-refractivity contribution in [3.63, 3.8) is 0 Å². The molecular formula is C14H21NO. The summed E-state index contributed by atoms with van der Waals surface area (Å²) in [7, 11) is 0. The molecule has 0 saturated carbocycles. The minimum Gasteiger partial charge on any atom is -0.376 e. The van der Waals surface area contributed by atoms with Crippen molar-refractivity contribution in [2.45, 2.75) is 26.9 Å². The molecule has 1 saturated heterocycles. The lowest BCUT2D eigenvalue weighted by atomic mass is 10.0. The molecule has 88 valence electrons. The van der Waals surface area contributed by atoms with Gasteiger partial charge in [-0.25, -0.2) is 0 Å². The van der Waals surface area contributed by atoms with E-state index in [2.05, 4.69) is 37.4 Å². The van der Waals surface area contributed by atoms with Crippen LogP contribution in [0.1, 0.15) is 23.1 Å². The third-order valence-electron chi connectivity index (χ3n) is 3.41. The Morgan fingerprint density at radius 1 is 1.31 bits per heavy atom. The molecule has 0 aromatic heterocycles. The highest BCUT2D eigenvalue weighted by atomic mass is 16.5. The largest absolute Gasteiger partial charge is 0.376 e. The van der Waals surface area contributed by atoms with Crippen LogP contribution in [0.3, 0.4) is 0 Å². The van der Waals surface area contributed by atoms with Crippen LogP contribution in [-0.2, 0) is 11.3 Å². The lowest BCUT2D eigenvalue weighted by molar-refractivity contribution is 0.0918. The highest BCUT2D eigenvalue weighted by molar-refractivity contribution is 5.32. The molecule has 16 heavy (non-hydrogen) atoms. The first-order valence-electron chi connectivity index (χ1n) is 6.11. The van der Waals surface area contributed by atoms with Crippen molar-refractivity contribution in [1.82, 2.24) is 5.32 Å². The quantitative estimate of drug-likeness (QED) is 0.839. The van der Waals surface area contributed by atoms with Crippen LogP contribution in [0.25, 0.3) is 0 Å². The molecule has 1 atom stereocenters. The molecule has 0 bridgehead atoms. The van der Waals surface area contributed by atoms with E-state index in [1.807, 2.05) is 0 Å². The smallest absolute Gasteiger partial charge is 0.0722 e. The Kier molecular flexibility index (Phi) is 3.97. The first-order chi connectivity index (χ1) is 7.77. The molecular weight excluding hydrogens is 198 g/mol. The standard InChI is InChI=1S/C14H21NO/c1-11-4-3-5-12(2)14(11)10-16-9-13-6-7-15-8-13/h3-5,13,15H,6-10H2,1-2H3. The average molecular weight is 219 g/mol. The molecule has 1 heterocycles. The van der Waals surface area contributed by atoms with Gasteiger partial charge in [-0.15, -0.1) is 0 Å². The highest BCUT2D eigenvalue weighted by Gasteiger charge is 2.14. The molecule has 2 rings (SSSR count). The fraction of sp³-hybridized carbons (Fsp3) is 0.571. The first-order valence-corrected chi connectivity index (χ1v) is 6.11. The second-order valence-electron chi connectivity index (χ2n) is 4.74. The highest BCUT2D eigenvalue weighted by Crippen LogP contribution is 2.15. The minimum absolute atomic E-state index is 0.712. The van der Waals surface area contributed by atoms with Crippen molar-refractivity contribution < 1.29 is 4.74 Å². The van der Waals surface area contributed by atoms with Crippen LogP contribution in [0.4, 0.5) is 0 Å². The predicted molar refractivity (Wildman–Crippen MR) is 66.5 cm³/mol. The van der Waals surface area contributed by atoms with Crippen molar-refractivity contribution in [2.75, 3.05) is 19.7 Å². The van der Waals surface area contributed by atoms with E-state index in [1.165, 1.54) is 23.1 Å². The number of ether oxygens (including phenoxy) is 1. The van der Waals surface area contributed by atoms with E-state index in [1.54, 1.807) is 0 Å². The van der Waals surface area contributed by atoms with Gasteiger partial charge in [0.05, 0.1) is 13.2 Å². The lowest BCUT2D eigenvalue weighted by Crippen LogP contribution is -2.14. The summed E-state index contributed by atoms with van der Waals surface area (Å²) in [5.41, 5.74) is 4.03. The van der Waals surface area contributed by atoms with Crippen molar-refractivity contribution in [2.24, 2.45) is 5.92 Å². The second kappa shape index (κ2) is 5.46. The fourth-order valence-corrected chi connectivity index (χ4v) is 2.26. The van der Waals surface area contributed by atoms with E-state index < -0.39 is 0 Å². The Morgan fingerprint density at radius 3 is 2.69 bits per heavy atom. The zero-order chi connectivity index (χ0) is 11.4. The van der Waals surface area contributed by atoms with Gasteiger partial charge in [-0.2, -0.15) is 0 Å². The molecule has 1 unspecified atom stereocenters. The normalized spacial score (nSPS) is 20.2. The Labute approximate surface area is 98.0 Å². The van der Waals surface area contributed by atoms with Crippen LogP contribution in [-0.4, -0.2) is 19.7 Å². The molecule has 1 aromatic rings. The molecule has 2 heteroatoms. The summed E-state index contributed by atoms with van der Waals surface area (Å²) in [5.74, 6) is 0.712. The maximum absolute atomic E-state index is 5.83. The first kappa shape index (κ1) is 11.6. The molecule has 0 aliphatic carbocycles. The second-order valence-corrected chi connectivity index (χ2v) is 4.74. The van der Waals surface area contributed by atoms with E-state index in [-0.39, 0.29) is 0 Å². The minimum atomic E-state index is 0.712. The molecule has 0 radical (unpaired) electrons. The molecule has 0 spiro atoms. The Hall–Kier alpha value is -0.860. The molecule has 1 aliphatic rings. The van der Waals surface area contributed by atoms with Gasteiger partial charge in [0.1, 0.15) is 0 Å². The monoisotopic (exact) mass is 219 g/mol. The lowest BCUT2D eigenvalue weighted by Gasteiger charge is -2.12. The summed E-state index contributed by atoms with van der Waals surface area (Å²) in [6, 6.07) is 6.42. The van der Waals surface area contributed by atoms with Gasteiger partial charge in [0.15, 0.2) is 0 Å². The third-order valence-corrected chi connectivity index (χ3v) is 3.41. The topological polar surface area (TPSA) is 21.3 Å². The van der Waals surface area contributed by atoms with Crippen LogP contribution < -0.4 is 5.32 Å². The third kappa shape index (κ3) is 2.83. The van der Waals surface area contributed by atoms with Crippen LogP contribution in [0.2, 0.25) is 0 Å². The zero-order valence-electron chi connectivity index (χ0n) is 10.3. The van der Waals surface area contributed by atoms with Gasteiger partial charge in [0, 0.05) is 6.54 Å². The number of benzene rings is 1. The Morgan fingerprint density at radius 2 is 2.06 bits per heavy atom. The van der Waals surface area contributed by atoms with E-state index in [4.69, 9.17) is 4.74 Å². The van der Waals surface area contributed by atoms with Gasteiger partial charge in [-0.05, 0) is 49.4 Å². The maximum Gasteiger partial charge on any atom is 0.0722 e. The summed E-state index contributed by atoms with van der Waals surface area (Å²) >= 11 is 0. The SMILES string of the molecule is Cc1cccc(C)c1COCC1CCNC1. The zero-order valence-corrected chi connectivity index (χ0v) is 10.3. The summed E-state index contributed by atoms with van der Waals surface area (Å²) in [6.07, 6.45) is 1.26. The molecule has 2 nitrogen and oxygen atoms in total. The van der Waals surface area contributed by atoms with E-state index in [9.17, 15) is 0 Å². The van der Waals surface area contributed by atoms with Crippen molar-refractivity contribution in [1.29, 1.82) is 0 Å². The molecule has 0 amide bonds. The van der Waals surface area contributed by atoms with Crippen LogP contribution in [0.15, 0.2) is 18.2 Å². The molecule has 1 N–H and O–H groups in total.